The van der Waals surface area contributed by atoms with Crippen molar-refractivity contribution in [2.45, 2.75) is 32.1 Å². The Kier molecular flexibility index (Phi) is 3.20. The first kappa shape index (κ1) is 12.8. The summed E-state index contributed by atoms with van der Waals surface area (Å²) in [7, 11) is -2.04. The van der Waals surface area contributed by atoms with Crippen LogP contribution in [0.15, 0.2) is 0 Å². The smallest absolute Gasteiger partial charge is 0.265 e. The summed E-state index contributed by atoms with van der Waals surface area (Å²) >= 11 is 0. The van der Waals surface area contributed by atoms with Crippen molar-refractivity contribution >= 4 is 16.0 Å². The Balaban J connectivity index is 1.93. The van der Waals surface area contributed by atoms with E-state index in [1.807, 2.05) is 7.05 Å². The Morgan fingerprint density at radius 2 is 2.00 bits per heavy atom. The molecule has 0 radical (unpaired) electrons. The maximum atomic E-state index is 11.5. The van der Waals surface area contributed by atoms with Gasteiger partial charge in [0.05, 0.1) is 5.75 Å². The minimum absolute atomic E-state index is 0.0524. The SMILES string of the molecule is CN1CC2(CCC(CS(=O)(=O)O)CC2)CC1=O. The van der Waals surface area contributed by atoms with Crippen molar-refractivity contribution in [3.05, 3.63) is 0 Å². The molecule has 17 heavy (non-hydrogen) atoms. The summed E-state index contributed by atoms with van der Waals surface area (Å²) in [6.45, 7) is 0.796. The molecule has 0 unspecified atom stereocenters. The van der Waals surface area contributed by atoms with Gasteiger partial charge in [-0.05, 0) is 37.0 Å². The molecular formula is C11H19NO4S. The Morgan fingerprint density at radius 1 is 1.41 bits per heavy atom. The van der Waals surface area contributed by atoms with Crippen LogP contribution in [0.3, 0.4) is 0 Å². The van der Waals surface area contributed by atoms with Crippen molar-refractivity contribution in [1.29, 1.82) is 0 Å². The fourth-order valence-corrected chi connectivity index (χ4v) is 4.12. The molecular weight excluding hydrogens is 242 g/mol. The van der Waals surface area contributed by atoms with Crippen molar-refractivity contribution in [1.82, 2.24) is 4.90 Å². The first-order chi connectivity index (χ1) is 7.80. The predicted octanol–water partition coefficient (Wildman–Crippen LogP) is 0.913. The fourth-order valence-electron chi connectivity index (χ4n) is 3.19. The van der Waals surface area contributed by atoms with Gasteiger partial charge in [-0.15, -0.1) is 0 Å². The second-order valence-electron chi connectivity index (χ2n) is 5.62. The van der Waals surface area contributed by atoms with Gasteiger partial charge in [0.15, 0.2) is 0 Å². The van der Waals surface area contributed by atoms with E-state index in [1.165, 1.54) is 0 Å². The zero-order valence-corrected chi connectivity index (χ0v) is 10.9. The van der Waals surface area contributed by atoms with Crippen LogP contribution >= 0.6 is 0 Å². The molecule has 1 heterocycles. The molecule has 1 spiro atoms. The maximum Gasteiger partial charge on any atom is 0.265 e. The molecule has 1 amide bonds. The minimum Gasteiger partial charge on any atom is -0.345 e. The summed E-state index contributed by atoms with van der Waals surface area (Å²) in [5, 5.41) is 0. The van der Waals surface area contributed by atoms with E-state index in [1.54, 1.807) is 4.90 Å². The fraction of sp³-hybridized carbons (Fsp3) is 0.909. The second kappa shape index (κ2) is 4.24. The number of carbonyl (C=O) groups is 1. The van der Waals surface area contributed by atoms with Gasteiger partial charge in [-0.25, -0.2) is 0 Å². The zero-order chi connectivity index (χ0) is 12.7. The normalized spacial score (nSPS) is 34.6. The molecule has 1 aliphatic heterocycles. The Bertz CT molecular complexity index is 409. The van der Waals surface area contributed by atoms with E-state index in [2.05, 4.69) is 0 Å². The van der Waals surface area contributed by atoms with E-state index in [0.717, 1.165) is 32.2 Å². The molecule has 1 saturated heterocycles. The highest BCUT2D eigenvalue weighted by Crippen LogP contribution is 2.45. The lowest BCUT2D eigenvalue weighted by Crippen LogP contribution is -2.32. The van der Waals surface area contributed by atoms with Gasteiger partial charge in [0.25, 0.3) is 10.1 Å². The van der Waals surface area contributed by atoms with Gasteiger partial charge in [0.1, 0.15) is 0 Å². The number of rotatable bonds is 2. The van der Waals surface area contributed by atoms with Gasteiger partial charge in [-0.2, -0.15) is 8.42 Å². The summed E-state index contributed by atoms with van der Waals surface area (Å²) in [5.74, 6) is 0.113. The molecule has 2 fully saturated rings. The number of likely N-dealkylation sites (tertiary alicyclic amines) is 1. The quantitative estimate of drug-likeness (QED) is 0.750. The predicted molar refractivity (Wildman–Crippen MR) is 63.1 cm³/mol. The van der Waals surface area contributed by atoms with E-state index in [-0.39, 0.29) is 23.0 Å². The van der Waals surface area contributed by atoms with Crippen molar-refractivity contribution in [3.63, 3.8) is 0 Å². The molecule has 6 heteroatoms. The third kappa shape index (κ3) is 2.98. The monoisotopic (exact) mass is 261 g/mol. The van der Waals surface area contributed by atoms with Gasteiger partial charge in [0.2, 0.25) is 5.91 Å². The zero-order valence-electron chi connectivity index (χ0n) is 10.1. The lowest BCUT2D eigenvalue weighted by Gasteiger charge is -2.35. The first-order valence-electron chi connectivity index (χ1n) is 5.99. The average molecular weight is 261 g/mol. The highest BCUT2D eigenvalue weighted by Gasteiger charge is 2.44. The Hall–Kier alpha value is -0.620. The second-order valence-corrected chi connectivity index (χ2v) is 7.12. The summed E-state index contributed by atoms with van der Waals surface area (Å²) in [6, 6.07) is 0. The van der Waals surface area contributed by atoms with E-state index in [0.29, 0.717) is 6.42 Å². The lowest BCUT2D eigenvalue weighted by atomic mass is 9.70. The summed E-state index contributed by atoms with van der Waals surface area (Å²) in [4.78, 5) is 13.3. The third-order valence-electron chi connectivity index (χ3n) is 4.14. The molecule has 0 aromatic heterocycles. The molecule has 98 valence electrons. The number of hydrogen-bond acceptors (Lipinski definition) is 3. The molecule has 1 aliphatic carbocycles. The Morgan fingerprint density at radius 3 is 2.41 bits per heavy atom. The maximum absolute atomic E-state index is 11.5. The molecule has 0 atom stereocenters. The number of nitrogens with zero attached hydrogens (tertiary/aromatic N) is 1. The highest BCUT2D eigenvalue weighted by atomic mass is 32.2. The van der Waals surface area contributed by atoms with Gasteiger partial charge >= 0.3 is 0 Å². The molecule has 2 aliphatic rings. The van der Waals surface area contributed by atoms with E-state index in [4.69, 9.17) is 4.55 Å². The Labute approximate surface area is 102 Å². The molecule has 0 aromatic carbocycles. The van der Waals surface area contributed by atoms with Crippen molar-refractivity contribution < 1.29 is 17.8 Å². The number of hydrogen-bond donors (Lipinski definition) is 1. The van der Waals surface area contributed by atoms with Crippen LogP contribution in [0.1, 0.15) is 32.1 Å². The minimum atomic E-state index is -3.86. The molecule has 5 nitrogen and oxygen atoms in total. The van der Waals surface area contributed by atoms with Crippen LogP contribution in [0.2, 0.25) is 0 Å². The van der Waals surface area contributed by atoms with Crippen LogP contribution in [-0.2, 0) is 14.9 Å². The lowest BCUT2D eigenvalue weighted by molar-refractivity contribution is -0.126. The van der Waals surface area contributed by atoms with Crippen LogP contribution < -0.4 is 0 Å². The average Bonchev–Trinajstić information content (AvgIpc) is 2.45. The van der Waals surface area contributed by atoms with Crippen molar-refractivity contribution in [2.24, 2.45) is 11.3 Å². The van der Waals surface area contributed by atoms with E-state index >= 15 is 0 Å². The van der Waals surface area contributed by atoms with Gasteiger partial charge < -0.3 is 4.90 Å². The van der Waals surface area contributed by atoms with Crippen LogP contribution in [0.5, 0.6) is 0 Å². The molecule has 1 saturated carbocycles. The third-order valence-corrected chi connectivity index (χ3v) is 5.03. The summed E-state index contributed by atoms with van der Waals surface area (Å²) in [5.41, 5.74) is 0.0710. The molecule has 0 aromatic rings. The molecule has 0 bridgehead atoms. The topological polar surface area (TPSA) is 74.7 Å². The standard InChI is InChI=1S/C11H19NO4S/c1-12-8-11(6-10(12)13)4-2-9(3-5-11)7-17(14,15)16/h9H,2-8H2,1H3,(H,14,15,16). The number of amides is 1. The van der Waals surface area contributed by atoms with Gasteiger partial charge in [-0.1, -0.05) is 0 Å². The van der Waals surface area contributed by atoms with Crippen LogP contribution in [-0.4, -0.2) is 43.1 Å². The molecule has 2 rings (SSSR count). The van der Waals surface area contributed by atoms with E-state index < -0.39 is 10.1 Å². The number of carbonyl (C=O) groups excluding carboxylic acids is 1. The largest absolute Gasteiger partial charge is 0.345 e. The summed E-state index contributed by atoms with van der Waals surface area (Å²) in [6.07, 6.45) is 3.97. The molecule has 1 N–H and O–H groups in total. The van der Waals surface area contributed by atoms with Gasteiger partial charge in [0, 0.05) is 20.0 Å². The summed E-state index contributed by atoms with van der Waals surface area (Å²) < 4.78 is 30.4. The van der Waals surface area contributed by atoms with E-state index in [9.17, 15) is 13.2 Å². The first-order valence-corrected chi connectivity index (χ1v) is 7.60. The van der Waals surface area contributed by atoms with Crippen LogP contribution in [0, 0.1) is 11.3 Å². The highest BCUT2D eigenvalue weighted by molar-refractivity contribution is 7.85. The van der Waals surface area contributed by atoms with Crippen LogP contribution in [0.25, 0.3) is 0 Å². The van der Waals surface area contributed by atoms with Crippen molar-refractivity contribution in [3.8, 4) is 0 Å². The van der Waals surface area contributed by atoms with Crippen molar-refractivity contribution in [2.75, 3.05) is 19.3 Å². The van der Waals surface area contributed by atoms with Gasteiger partial charge in [-0.3, -0.25) is 9.35 Å². The van der Waals surface area contributed by atoms with Crippen LogP contribution in [0.4, 0.5) is 0 Å².